The Balaban J connectivity index is 1.86. The predicted molar refractivity (Wildman–Crippen MR) is 113 cm³/mol. The number of carbonyl (C=O) groups is 1. The number of anilines is 1. The molecular weight excluding hydrogens is 386 g/mol. The van der Waals surface area contributed by atoms with Crippen molar-refractivity contribution in [1.29, 1.82) is 0 Å². The van der Waals surface area contributed by atoms with E-state index < -0.39 is 6.23 Å². The molecular formula is C21H23N5O2S. The molecule has 3 aromatic rings. The average molecular weight is 410 g/mol. The van der Waals surface area contributed by atoms with Gasteiger partial charge in [0.05, 0.1) is 11.4 Å². The molecule has 0 spiro atoms. The van der Waals surface area contributed by atoms with Gasteiger partial charge in [-0.05, 0) is 24.6 Å². The van der Waals surface area contributed by atoms with Gasteiger partial charge in [-0.3, -0.25) is 9.69 Å². The van der Waals surface area contributed by atoms with Gasteiger partial charge < -0.3 is 9.30 Å². The minimum atomic E-state index is -0.653. The molecule has 0 N–H and O–H groups in total. The highest BCUT2D eigenvalue weighted by Crippen LogP contribution is 2.43. The van der Waals surface area contributed by atoms with E-state index in [1.54, 1.807) is 16.7 Å². The lowest BCUT2D eigenvalue weighted by Crippen LogP contribution is -2.37. The van der Waals surface area contributed by atoms with Crippen LogP contribution in [0, 0.1) is 0 Å². The van der Waals surface area contributed by atoms with Crippen molar-refractivity contribution in [2.45, 2.75) is 38.1 Å². The predicted octanol–water partition coefficient (Wildman–Crippen LogP) is 4.21. The smallest absolute Gasteiger partial charge is 0.247 e. The standard InChI is InChI=1S/C21H23N5O2S/c1-4-5-13-29-21-22-19-18(23-24-21)15-9-6-7-10-16(15)26(14(2)27)20(28-19)17-11-8-12-25(17)3/h6-12,20H,4-5,13H2,1-3H3/t20-/m0/s1. The van der Waals surface area contributed by atoms with Gasteiger partial charge in [-0.1, -0.05) is 43.3 Å². The molecule has 8 heteroatoms. The van der Waals surface area contributed by atoms with Crippen LogP contribution < -0.4 is 9.64 Å². The zero-order valence-electron chi connectivity index (χ0n) is 16.7. The zero-order valence-corrected chi connectivity index (χ0v) is 17.5. The maximum absolute atomic E-state index is 12.7. The molecule has 0 bridgehead atoms. The lowest BCUT2D eigenvalue weighted by Gasteiger charge is -2.29. The van der Waals surface area contributed by atoms with E-state index in [-0.39, 0.29) is 5.91 Å². The first-order chi connectivity index (χ1) is 14.1. The quantitative estimate of drug-likeness (QED) is 0.464. The van der Waals surface area contributed by atoms with Crippen molar-refractivity contribution in [3.63, 3.8) is 0 Å². The van der Waals surface area contributed by atoms with E-state index in [0.717, 1.165) is 35.5 Å². The van der Waals surface area contributed by atoms with Gasteiger partial charge in [0.25, 0.3) is 0 Å². The number of ether oxygens (including phenoxy) is 1. The van der Waals surface area contributed by atoms with E-state index in [0.29, 0.717) is 16.7 Å². The first-order valence-corrected chi connectivity index (χ1v) is 10.6. The number of unbranched alkanes of at least 4 members (excludes halogenated alkanes) is 1. The monoisotopic (exact) mass is 409 g/mol. The van der Waals surface area contributed by atoms with Crippen LogP contribution in [0.3, 0.4) is 0 Å². The van der Waals surface area contributed by atoms with Crippen molar-refractivity contribution in [2.24, 2.45) is 7.05 Å². The Hall–Kier alpha value is -2.87. The first kappa shape index (κ1) is 19.4. The number of aromatic nitrogens is 4. The van der Waals surface area contributed by atoms with Crippen LogP contribution in [0.25, 0.3) is 11.3 Å². The van der Waals surface area contributed by atoms with Crippen molar-refractivity contribution in [3.05, 3.63) is 48.3 Å². The molecule has 0 radical (unpaired) electrons. The van der Waals surface area contributed by atoms with E-state index in [1.807, 2.05) is 54.2 Å². The van der Waals surface area contributed by atoms with Crippen molar-refractivity contribution in [2.75, 3.05) is 10.7 Å². The summed E-state index contributed by atoms with van der Waals surface area (Å²) in [5.74, 6) is 1.19. The fourth-order valence-corrected chi connectivity index (χ4v) is 4.21. The lowest BCUT2D eigenvalue weighted by atomic mass is 10.1. The summed E-state index contributed by atoms with van der Waals surface area (Å²) in [6.07, 6.45) is 3.47. The second-order valence-electron chi connectivity index (χ2n) is 6.87. The zero-order chi connectivity index (χ0) is 20.4. The largest absolute Gasteiger partial charge is 0.445 e. The van der Waals surface area contributed by atoms with Crippen molar-refractivity contribution >= 4 is 23.4 Å². The van der Waals surface area contributed by atoms with Gasteiger partial charge in [0, 0.05) is 31.5 Å². The Morgan fingerprint density at radius 2 is 2.03 bits per heavy atom. The average Bonchev–Trinajstić information content (AvgIpc) is 3.07. The van der Waals surface area contributed by atoms with E-state index in [2.05, 4.69) is 22.1 Å². The van der Waals surface area contributed by atoms with Gasteiger partial charge in [0.1, 0.15) is 0 Å². The van der Waals surface area contributed by atoms with Gasteiger partial charge in [-0.25, -0.2) is 0 Å². The number of thioether (sulfide) groups is 1. The third kappa shape index (κ3) is 3.72. The number of benzene rings is 1. The number of fused-ring (bicyclic) bond motifs is 3. The van der Waals surface area contributed by atoms with E-state index >= 15 is 0 Å². The number of hydrogen-bond donors (Lipinski definition) is 0. The lowest BCUT2D eigenvalue weighted by molar-refractivity contribution is -0.118. The second-order valence-corrected chi connectivity index (χ2v) is 7.93. The van der Waals surface area contributed by atoms with Crippen LogP contribution in [0.1, 0.15) is 38.6 Å². The van der Waals surface area contributed by atoms with Crippen LogP contribution in [0.15, 0.2) is 47.8 Å². The van der Waals surface area contributed by atoms with Crippen LogP contribution in [0.5, 0.6) is 5.88 Å². The maximum atomic E-state index is 12.7. The minimum absolute atomic E-state index is 0.123. The minimum Gasteiger partial charge on any atom is -0.445 e. The molecule has 4 rings (SSSR count). The summed E-state index contributed by atoms with van der Waals surface area (Å²) >= 11 is 1.56. The summed E-state index contributed by atoms with van der Waals surface area (Å²) in [6.45, 7) is 3.69. The fourth-order valence-electron chi connectivity index (χ4n) is 3.34. The highest BCUT2D eigenvalue weighted by atomic mass is 32.2. The van der Waals surface area contributed by atoms with Crippen LogP contribution in [-0.2, 0) is 11.8 Å². The number of carbonyl (C=O) groups excluding carboxylic acids is 1. The molecule has 2 aromatic heterocycles. The first-order valence-electron chi connectivity index (χ1n) is 9.64. The molecule has 0 unspecified atom stereocenters. The van der Waals surface area contributed by atoms with Crippen LogP contribution in [-0.4, -0.2) is 31.4 Å². The topological polar surface area (TPSA) is 73.1 Å². The van der Waals surface area contributed by atoms with Crippen molar-refractivity contribution in [3.8, 4) is 17.1 Å². The molecule has 0 saturated carbocycles. The van der Waals surface area contributed by atoms with E-state index in [9.17, 15) is 4.79 Å². The van der Waals surface area contributed by atoms with Crippen molar-refractivity contribution < 1.29 is 9.53 Å². The third-order valence-corrected chi connectivity index (χ3v) is 5.74. The Morgan fingerprint density at radius 3 is 2.76 bits per heavy atom. The summed E-state index contributed by atoms with van der Waals surface area (Å²) in [4.78, 5) is 19.0. The van der Waals surface area contributed by atoms with Gasteiger partial charge in [0.15, 0.2) is 5.69 Å². The van der Waals surface area contributed by atoms with Gasteiger partial charge in [-0.2, -0.15) is 4.98 Å². The highest BCUT2D eigenvalue weighted by molar-refractivity contribution is 7.99. The Kier molecular flexibility index (Phi) is 5.53. The fraction of sp³-hybridized carbons (Fsp3) is 0.333. The maximum Gasteiger partial charge on any atom is 0.247 e. The third-order valence-electron chi connectivity index (χ3n) is 4.82. The molecule has 0 saturated heterocycles. The van der Waals surface area contributed by atoms with E-state index in [4.69, 9.17) is 4.74 Å². The van der Waals surface area contributed by atoms with Gasteiger partial charge in [-0.15, -0.1) is 10.2 Å². The molecule has 29 heavy (non-hydrogen) atoms. The Labute approximate surface area is 174 Å². The summed E-state index contributed by atoms with van der Waals surface area (Å²) in [5, 5.41) is 9.30. The number of nitrogens with zero attached hydrogens (tertiary/aromatic N) is 5. The van der Waals surface area contributed by atoms with Crippen LogP contribution in [0.2, 0.25) is 0 Å². The molecule has 3 heterocycles. The molecule has 1 aliphatic rings. The van der Waals surface area contributed by atoms with Gasteiger partial charge in [0.2, 0.25) is 23.2 Å². The molecule has 1 amide bonds. The summed E-state index contributed by atoms with van der Waals surface area (Å²) in [7, 11) is 1.93. The second kappa shape index (κ2) is 8.24. The summed E-state index contributed by atoms with van der Waals surface area (Å²) in [5.41, 5.74) is 2.90. The van der Waals surface area contributed by atoms with Crippen LogP contribution in [0.4, 0.5) is 5.69 Å². The molecule has 7 nitrogen and oxygen atoms in total. The molecule has 1 aliphatic heterocycles. The SMILES string of the molecule is CCCCSc1nnc2c(n1)O[C@@H](c1cccn1C)N(C(C)=O)c1ccccc1-2. The molecule has 0 aliphatic carbocycles. The number of amides is 1. The number of aryl methyl sites for hydroxylation is 1. The summed E-state index contributed by atoms with van der Waals surface area (Å²) < 4.78 is 8.29. The molecule has 0 fully saturated rings. The Morgan fingerprint density at radius 1 is 1.21 bits per heavy atom. The van der Waals surface area contributed by atoms with Crippen molar-refractivity contribution in [1.82, 2.24) is 19.7 Å². The number of para-hydroxylation sites is 1. The molecule has 1 aromatic carbocycles. The van der Waals surface area contributed by atoms with E-state index in [1.165, 1.54) is 6.92 Å². The normalized spacial score (nSPS) is 15.3. The number of hydrogen-bond acceptors (Lipinski definition) is 6. The Bertz CT molecular complexity index is 1040. The number of rotatable bonds is 5. The molecule has 150 valence electrons. The van der Waals surface area contributed by atoms with Crippen LogP contribution >= 0.6 is 11.8 Å². The highest BCUT2D eigenvalue weighted by Gasteiger charge is 2.35. The van der Waals surface area contributed by atoms with Gasteiger partial charge >= 0.3 is 0 Å². The molecule has 1 atom stereocenters. The summed E-state index contributed by atoms with van der Waals surface area (Å²) in [6, 6.07) is 11.5.